The van der Waals surface area contributed by atoms with Crippen molar-refractivity contribution in [2.75, 3.05) is 19.6 Å². The van der Waals surface area contributed by atoms with Gasteiger partial charge in [-0.15, -0.1) is 0 Å². The highest BCUT2D eigenvalue weighted by atomic mass is 16.6. The van der Waals surface area contributed by atoms with E-state index in [9.17, 15) is 4.79 Å². The highest BCUT2D eigenvalue weighted by Crippen LogP contribution is 2.24. The second kappa shape index (κ2) is 9.12. The molecule has 1 unspecified atom stereocenters. The Morgan fingerprint density at radius 2 is 2.03 bits per heavy atom. The first-order valence-electron chi connectivity index (χ1n) is 10.8. The Bertz CT molecular complexity index is 823. The molecule has 1 aliphatic heterocycles. The lowest BCUT2D eigenvalue weighted by molar-refractivity contribution is 0.0118. The normalized spacial score (nSPS) is 18.2. The Morgan fingerprint density at radius 1 is 1.28 bits per heavy atom. The minimum Gasteiger partial charge on any atom is -0.444 e. The summed E-state index contributed by atoms with van der Waals surface area (Å²) >= 11 is 0. The number of pyridine rings is 1. The van der Waals surface area contributed by atoms with E-state index in [1.165, 1.54) is 10.9 Å². The van der Waals surface area contributed by atoms with E-state index in [1.54, 1.807) is 0 Å². The predicted molar refractivity (Wildman–Crippen MR) is 118 cm³/mol. The van der Waals surface area contributed by atoms with Gasteiger partial charge in [-0.3, -0.25) is 9.88 Å². The molecule has 1 amide bonds. The van der Waals surface area contributed by atoms with Crippen molar-refractivity contribution >= 4 is 17.0 Å². The molecule has 5 heteroatoms. The molecular weight excluding hydrogens is 362 g/mol. The van der Waals surface area contributed by atoms with E-state index < -0.39 is 5.60 Å². The van der Waals surface area contributed by atoms with Crippen LogP contribution < -0.4 is 0 Å². The van der Waals surface area contributed by atoms with E-state index in [-0.39, 0.29) is 12.1 Å². The van der Waals surface area contributed by atoms with E-state index in [1.807, 2.05) is 37.9 Å². The van der Waals surface area contributed by atoms with Crippen LogP contribution in [0.1, 0.15) is 53.0 Å². The maximum absolute atomic E-state index is 12.7. The average Bonchev–Trinajstić information content (AvgIpc) is 2.65. The van der Waals surface area contributed by atoms with E-state index in [0.717, 1.165) is 44.5 Å². The molecule has 1 atom stereocenters. The smallest absolute Gasteiger partial charge is 0.410 e. The molecule has 1 fully saturated rings. The highest BCUT2D eigenvalue weighted by molar-refractivity contribution is 5.81. The van der Waals surface area contributed by atoms with Crippen molar-refractivity contribution in [1.29, 1.82) is 0 Å². The Kier molecular flexibility index (Phi) is 6.78. The topological polar surface area (TPSA) is 45.7 Å². The molecule has 29 heavy (non-hydrogen) atoms. The van der Waals surface area contributed by atoms with Gasteiger partial charge in [0, 0.05) is 37.3 Å². The summed E-state index contributed by atoms with van der Waals surface area (Å²) in [6.07, 6.45) is 3.97. The lowest BCUT2D eigenvalue weighted by atomic mass is 9.96. The zero-order chi connectivity index (χ0) is 21.0. The molecular formula is C24H35N3O2. The van der Waals surface area contributed by atoms with Gasteiger partial charge in [-0.05, 0) is 71.6 Å². The number of piperidine rings is 1. The monoisotopic (exact) mass is 397 g/mol. The van der Waals surface area contributed by atoms with Crippen LogP contribution >= 0.6 is 0 Å². The molecule has 158 valence electrons. The van der Waals surface area contributed by atoms with Gasteiger partial charge >= 0.3 is 6.09 Å². The van der Waals surface area contributed by atoms with Crippen molar-refractivity contribution in [2.45, 2.75) is 65.6 Å². The van der Waals surface area contributed by atoms with E-state index in [4.69, 9.17) is 4.74 Å². The molecule has 1 aromatic carbocycles. The molecule has 3 rings (SSSR count). The minimum absolute atomic E-state index is 0.127. The van der Waals surface area contributed by atoms with Gasteiger partial charge in [0.05, 0.1) is 5.52 Å². The first-order chi connectivity index (χ1) is 13.7. The second-order valence-electron chi connectivity index (χ2n) is 9.46. The largest absolute Gasteiger partial charge is 0.444 e. The van der Waals surface area contributed by atoms with Gasteiger partial charge in [0.15, 0.2) is 0 Å². The zero-order valence-corrected chi connectivity index (χ0v) is 18.5. The van der Waals surface area contributed by atoms with Crippen molar-refractivity contribution in [3.63, 3.8) is 0 Å². The lowest BCUT2D eigenvalue weighted by Gasteiger charge is -2.37. The molecule has 0 bridgehead atoms. The van der Waals surface area contributed by atoms with Crippen molar-refractivity contribution in [3.05, 3.63) is 42.1 Å². The fourth-order valence-electron chi connectivity index (χ4n) is 4.07. The number of ether oxygens (including phenoxy) is 1. The van der Waals surface area contributed by atoms with Gasteiger partial charge in [-0.1, -0.05) is 24.3 Å². The summed E-state index contributed by atoms with van der Waals surface area (Å²) in [5.74, 6) is 0.460. The van der Waals surface area contributed by atoms with E-state index in [0.29, 0.717) is 5.92 Å². The Labute approximate surface area is 175 Å². The van der Waals surface area contributed by atoms with Crippen molar-refractivity contribution in [2.24, 2.45) is 5.92 Å². The van der Waals surface area contributed by atoms with Crippen LogP contribution in [0.2, 0.25) is 0 Å². The van der Waals surface area contributed by atoms with Crippen molar-refractivity contribution < 1.29 is 9.53 Å². The van der Waals surface area contributed by atoms with Crippen LogP contribution in [0, 0.1) is 5.92 Å². The van der Waals surface area contributed by atoms with Crippen LogP contribution in [0.15, 0.2) is 36.5 Å². The van der Waals surface area contributed by atoms with Crippen LogP contribution in [-0.2, 0) is 11.3 Å². The van der Waals surface area contributed by atoms with E-state index >= 15 is 0 Å². The standard InChI is InChI=1S/C24H35N3O2/c1-18(2)27(23(28)29-24(3,4)5)16-19-9-8-14-26(15-19)17-21-11-6-10-20-12-7-13-25-22(20)21/h6-7,10-13,18-19H,8-9,14-17H2,1-5H3. The maximum atomic E-state index is 12.7. The summed E-state index contributed by atoms with van der Waals surface area (Å²) in [7, 11) is 0. The summed E-state index contributed by atoms with van der Waals surface area (Å²) < 4.78 is 5.64. The fourth-order valence-corrected chi connectivity index (χ4v) is 4.07. The highest BCUT2D eigenvalue weighted by Gasteiger charge is 2.29. The third-order valence-electron chi connectivity index (χ3n) is 5.42. The number of rotatable bonds is 5. The van der Waals surface area contributed by atoms with Gasteiger partial charge in [-0.2, -0.15) is 0 Å². The predicted octanol–water partition coefficient (Wildman–Crippen LogP) is 5.09. The minimum atomic E-state index is -0.468. The molecule has 0 radical (unpaired) electrons. The van der Waals surface area contributed by atoms with Crippen LogP contribution in [0.25, 0.3) is 10.9 Å². The van der Waals surface area contributed by atoms with Gasteiger partial charge in [0.1, 0.15) is 5.60 Å². The number of carbonyl (C=O) groups is 1. The molecule has 1 aromatic heterocycles. The molecule has 0 saturated carbocycles. The third kappa shape index (κ3) is 5.92. The SMILES string of the molecule is CC(C)N(CC1CCCN(Cc2cccc3cccnc23)C1)C(=O)OC(C)(C)C. The first kappa shape index (κ1) is 21.6. The third-order valence-corrected chi connectivity index (χ3v) is 5.42. The number of nitrogens with zero attached hydrogens (tertiary/aromatic N) is 3. The molecule has 2 heterocycles. The summed E-state index contributed by atoms with van der Waals surface area (Å²) in [6.45, 7) is 13.6. The van der Waals surface area contributed by atoms with Crippen molar-refractivity contribution in [3.8, 4) is 0 Å². The first-order valence-corrected chi connectivity index (χ1v) is 10.8. The number of hydrogen-bond acceptors (Lipinski definition) is 4. The second-order valence-corrected chi connectivity index (χ2v) is 9.46. The van der Waals surface area contributed by atoms with Crippen LogP contribution in [0.3, 0.4) is 0 Å². The molecule has 1 saturated heterocycles. The average molecular weight is 398 g/mol. The molecule has 0 N–H and O–H groups in total. The van der Waals surface area contributed by atoms with Gasteiger partial charge in [0.25, 0.3) is 0 Å². The summed E-state index contributed by atoms with van der Waals surface area (Å²) in [4.78, 5) is 21.7. The fraction of sp³-hybridized carbons (Fsp3) is 0.583. The molecule has 5 nitrogen and oxygen atoms in total. The zero-order valence-electron chi connectivity index (χ0n) is 18.5. The summed E-state index contributed by atoms with van der Waals surface area (Å²) in [5.41, 5.74) is 1.90. The number of amides is 1. The van der Waals surface area contributed by atoms with E-state index in [2.05, 4.69) is 48.0 Å². The van der Waals surface area contributed by atoms with Gasteiger partial charge in [-0.25, -0.2) is 4.79 Å². The number of likely N-dealkylation sites (tertiary alicyclic amines) is 1. The van der Waals surface area contributed by atoms with Crippen LogP contribution in [-0.4, -0.2) is 52.2 Å². The molecule has 2 aromatic rings. The Morgan fingerprint density at radius 3 is 2.76 bits per heavy atom. The lowest BCUT2D eigenvalue weighted by Crippen LogP contribution is -2.46. The molecule has 0 spiro atoms. The number of fused-ring (bicyclic) bond motifs is 1. The molecule has 0 aliphatic carbocycles. The van der Waals surface area contributed by atoms with Crippen LogP contribution in [0.5, 0.6) is 0 Å². The number of para-hydroxylation sites is 1. The number of benzene rings is 1. The summed E-state index contributed by atoms with van der Waals surface area (Å²) in [6, 6.07) is 10.6. The van der Waals surface area contributed by atoms with Gasteiger partial charge < -0.3 is 9.64 Å². The van der Waals surface area contributed by atoms with Crippen molar-refractivity contribution in [1.82, 2.24) is 14.8 Å². The van der Waals surface area contributed by atoms with Gasteiger partial charge in [0.2, 0.25) is 0 Å². The Balaban J connectivity index is 1.65. The maximum Gasteiger partial charge on any atom is 0.410 e. The Hall–Kier alpha value is -2.14. The molecule has 1 aliphatic rings. The number of hydrogen-bond donors (Lipinski definition) is 0. The number of aromatic nitrogens is 1. The van der Waals surface area contributed by atoms with Crippen LogP contribution in [0.4, 0.5) is 4.79 Å². The summed E-state index contributed by atoms with van der Waals surface area (Å²) in [5, 5.41) is 1.19. The quantitative estimate of drug-likeness (QED) is 0.705. The number of carbonyl (C=O) groups excluding carboxylic acids is 1.